The van der Waals surface area contributed by atoms with E-state index in [1.54, 1.807) is 0 Å². The third-order valence-electron chi connectivity index (χ3n) is 7.56. The number of fused-ring (bicyclic) bond motifs is 1. The van der Waals surface area contributed by atoms with E-state index in [0.29, 0.717) is 16.2 Å². The van der Waals surface area contributed by atoms with Crippen molar-refractivity contribution in [1.82, 2.24) is 4.90 Å². The summed E-state index contributed by atoms with van der Waals surface area (Å²) in [5.74, 6) is 0.712. The number of aromatic hydroxyl groups is 1. The van der Waals surface area contributed by atoms with Crippen LogP contribution < -0.4 is 0 Å². The number of nitrogens with zero attached hydrogens (tertiary/aromatic N) is 1. The number of halogens is 1. The second kappa shape index (κ2) is 11.7. The van der Waals surface area contributed by atoms with Gasteiger partial charge >= 0.3 is 0 Å². The predicted molar refractivity (Wildman–Crippen MR) is 168 cm³/mol. The number of phenols is 1. The molecule has 3 atom stereocenters. The van der Waals surface area contributed by atoms with Crippen LogP contribution in [0.15, 0.2) is 41.3 Å². The Balaban J connectivity index is 1.49. The van der Waals surface area contributed by atoms with Gasteiger partial charge in [-0.3, -0.25) is 4.79 Å². The first-order chi connectivity index (χ1) is 17.3. The highest BCUT2D eigenvalue weighted by atomic mass is 127. The quantitative estimate of drug-likeness (QED) is 0.260. The fourth-order valence-corrected chi connectivity index (χ4v) is 9.75. The number of hydrogen-bond acceptors (Lipinski definition) is 4. The number of amides is 1. The van der Waals surface area contributed by atoms with Gasteiger partial charge in [-0.2, -0.15) is 0 Å². The molecular weight excluding hydrogens is 609 g/mol. The molecule has 3 nitrogen and oxygen atoms in total. The Bertz CT molecular complexity index is 1090. The zero-order chi connectivity index (χ0) is 27.0. The molecule has 1 saturated carbocycles. The molecule has 0 spiro atoms. The first-order valence-corrected chi connectivity index (χ1v) is 16.6. The van der Waals surface area contributed by atoms with E-state index in [4.69, 9.17) is 0 Å². The maximum absolute atomic E-state index is 13.5. The van der Waals surface area contributed by atoms with Crippen molar-refractivity contribution in [2.75, 3.05) is 6.54 Å². The van der Waals surface area contributed by atoms with Crippen LogP contribution in [0.3, 0.4) is 0 Å². The molecule has 2 aliphatic rings. The maximum atomic E-state index is 13.5. The molecule has 202 valence electrons. The van der Waals surface area contributed by atoms with Gasteiger partial charge in [0.1, 0.15) is 9.01 Å². The van der Waals surface area contributed by atoms with Gasteiger partial charge in [-0.15, -0.1) is 23.5 Å². The Morgan fingerprint density at radius 2 is 1.54 bits per heavy atom. The van der Waals surface area contributed by atoms with Crippen LogP contribution in [-0.2, 0) is 28.6 Å². The lowest BCUT2D eigenvalue weighted by atomic mass is 9.79. The number of alkyl halides is 1. The van der Waals surface area contributed by atoms with Crippen molar-refractivity contribution in [3.8, 4) is 5.75 Å². The van der Waals surface area contributed by atoms with Gasteiger partial charge in [0, 0.05) is 39.6 Å². The van der Waals surface area contributed by atoms with Crippen LogP contribution in [0.2, 0.25) is 0 Å². The average Bonchev–Trinajstić information content (AvgIpc) is 2.84. The van der Waals surface area contributed by atoms with E-state index < -0.39 is 0 Å². The van der Waals surface area contributed by atoms with Crippen LogP contribution in [-0.4, -0.2) is 36.2 Å². The molecule has 1 aliphatic heterocycles. The summed E-state index contributed by atoms with van der Waals surface area (Å²) in [5.41, 5.74) is 4.46. The molecule has 6 heteroatoms. The van der Waals surface area contributed by atoms with Crippen LogP contribution in [0.25, 0.3) is 0 Å². The van der Waals surface area contributed by atoms with E-state index in [2.05, 4.69) is 105 Å². The van der Waals surface area contributed by atoms with Crippen molar-refractivity contribution in [1.29, 1.82) is 0 Å². The summed E-state index contributed by atoms with van der Waals surface area (Å²) in [5, 5.41) is 12.1. The molecule has 37 heavy (non-hydrogen) atoms. The highest BCUT2D eigenvalue weighted by Gasteiger charge is 2.34. The number of hydrogen-bond donors (Lipinski definition) is 1. The topological polar surface area (TPSA) is 40.5 Å². The Hall–Kier alpha value is -0.860. The standard InChI is InChI=1S/C31H42INO2S2/c1-30(2,3)23-17-22(18-24(27(23)34)31(4,5)6)36-25-13-9-10-14-26(25)37-28(32)29(35)33-16-15-20-11-7-8-12-21(20)19-33/h7-8,11-12,17-18,25-26,28,34H,9-10,13-16,19H2,1-6H3. The Morgan fingerprint density at radius 1 is 0.973 bits per heavy atom. The van der Waals surface area contributed by atoms with Crippen molar-refractivity contribution >= 4 is 52.0 Å². The fourth-order valence-electron chi connectivity index (χ4n) is 5.39. The molecule has 4 rings (SSSR count). The maximum Gasteiger partial charge on any atom is 0.245 e. The largest absolute Gasteiger partial charge is 0.507 e. The van der Waals surface area contributed by atoms with Crippen LogP contribution in [0.5, 0.6) is 5.75 Å². The second-order valence-electron chi connectivity index (χ2n) is 12.6. The van der Waals surface area contributed by atoms with E-state index in [9.17, 15) is 9.90 Å². The molecule has 0 radical (unpaired) electrons. The minimum Gasteiger partial charge on any atom is -0.507 e. The number of rotatable bonds is 5. The minimum absolute atomic E-state index is 0.0656. The van der Waals surface area contributed by atoms with Crippen molar-refractivity contribution in [2.45, 2.75) is 110 Å². The lowest BCUT2D eigenvalue weighted by Gasteiger charge is -2.35. The third-order valence-corrected chi connectivity index (χ3v) is 11.9. The van der Waals surface area contributed by atoms with E-state index >= 15 is 0 Å². The Labute approximate surface area is 246 Å². The van der Waals surface area contributed by atoms with Crippen LogP contribution in [0.4, 0.5) is 0 Å². The van der Waals surface area contributed by atoms with Crippen molar-refractivity contribution in [3.05, 3.63) is 58.7 Å². The predicted octanol–water partition coefficient (Wildman–Crippen LogP) is 8.47. The van der Waals surface area contributed by atoms with Crippen LogP contribution in [0.1, 0.15) is 89.5 Å². The molecule has 3 unspecified atom stereocenters. The molecule has 1 N–H and O–H groups in total. The SMILES string of the molecule is CC(C)(C)c1cc(SC2CCCCC2SC(I)C(=O)N2CCc3ccccc3C2)cc(C(C)(C)C)c1O. The molecule has 1 amide bonds. The number of thioether (sulfide) groups is 2. The number of carbonyl (C=O) groups excluding carboxylic acids is 1. The summed E-state index contributed by atoms with van der Waals surface area (Å²) in [6.45, 7) is 14.6. The Kier molecular flexibility index (Phi) is 9.22. The lowest BCUT2D eigenvalue weighted by Crippen LogP contribution is -2.40. The van der Waals surface area contributed by atoms with Gasteiger partial charge in [-0.25, -0.2) is 0 Å². The van der Waals surface area contributed by atoms with E-state index in [1.807, 2.05) is 23.5 Å². The van der Waals surface area contributed by atoms with Gasteiger partial charge in [0.25, 0.3) is 0 Å². The zero-order valence-electron chi connectivity index (χ0n) is 23.1. The monoisotopic (exact) mass is 651 g/mol. The van der Waals surface area contributed by atoms with Crippen LogP contribution in [0, 0.1) is 0 Å². The van der Waals surface area contributed by atoms with Gasteiger partial charge in [0.05, 0.1) is 0 Å². The number of benzene rings is 2. The molecular formula is C31H42INO2S2. The molecule has 0 saturated heterocycles. The second-order valence-corrected chi connectivity index (χ2v) is 17.3. The van der Waals surface area contributed by atoms with Gasteiger partial charge < -0.3 is 10.0 Å². The smallest absolute Gasteiger partial charge is 0.245 e. The molecule has 0 aromatic heterocycles. The first-order valence-electron chi connectivity index (χ1n) is 13.5. The van der Waals surface area contributed by atoms with E-state index in [-0.39, 0.29) is 20.0 Å². The summed E-state index contributed by atoms with van der Waals surface area (Å²) in [6, 6.07) is 12.9. The summed E-state index contributed by atoms with van der Waals surface area (Å²) in [4.78, 5) is 16.8. The fraction of sp³-hybridized carbons (Fsp3) is 0.581. The summed E-state index contributed by atoms with van der Waals surface area (Å²) in [7, 11) is 0. The highest BCUT2D eigenvalue weighted by Crippen LogP contribution is 2.46. The van der Waals surface area contributed by atoms with Gasteiger partial charge in [0.2, 0.25) is 5.91 Å². The molecule has 2 aromatic rings. The van der Waals surface area contributed by atoms with Crippen LogP contribution >= 0.6 is 46.1 Å². The molecule has 2 aromatic carbocycles. The third kappa shape index (κ3) is 7.02. The molecule has 1 heterocycles. The highest BCUT2D eigenvalue weighted by molar-refractivity contribution is 14.1. The van der Waals surface area contributed by atoms with Crippen molar-refractivity contribution in [2.24, 2.45) is 0 Å². The number of carbonyl (C=O) groups is 1. The molecule has 0 bridgehead atoms. The molecule has 1 fully saturated rings. The van der Waals surface area contributed by atoms with E-state index in [1.165, 1.54) is 35.3 Å². The minimum atomic E-state index is -0.131. The number of phenolic OH excluding ortho intramolecular Hbond substituents is 1. The summed E-state index contributed by atoms with van der Waals surface area (Å²) >= 11 is 6.22. The average molecular weight is 652 g/mol. The zero-order valence-corrected chi connectivity index (χ0v) is 26.9. The summed E-state index contributed by atoms with van der Waals surface area (Å²) < 4.78 is -0.0656. The van der Waals surface area contributed by atoms with E-state index in [0.717, 1.165) is 37.1 Å². The normalized spacial score (nSPS) is 21.4. The molecule has 1 aliphatic carbocycles. The summed E-state index contributed by atoms with van der Waals surface area (Å²) in [6.07, 6.45) is 5.76. The Morgan fingerprint density at radius 3 is 2.14 bits per heavy atom. The van der Waals surface area contributed by atoms with Gasteiger partial charge in [-0.1, -0.05) is 101 Å². The first kappa shape index (κ1) is 29.1. The lowest BCUT2D eigenvalue weighted by molar-refractivity contribution is -0.129. The van der Waals surface area contributed by atoms with Crippen molar-refractivity contribution < 1.29 is 9.90 Å². The van der Waals surface area contributed by atoms with Crippen molar-refractivity contribution in [3.63, 3.8) is 0 Å². The van der Waals surface area contributed by atoms with Gasteiger partial charge in [-0.05, 0) is 53.4 Å². The van der Waals surface area contributed by atoms with Gasteiger partial charge in [0.15, 0.2) is 0 Å².